The number of hydrogen-bond acceptors (Lipinski definition) is 4. The zero-order chi connectivity index (χ0) is 22.8. The second kappa shape index (κ2) is 9.65. The van der Waals surface area contributed by atoms with Crippen LogP contribution < -0.4 is 0 Å². The van der Waals surface area contributed by atoms with Crippen LogP contribution in [0.15, 0.2) is 53.0 Å². The van der Waals surface area contributed by atoms with E-state index in [1.54, 1.807) is 4.90 Å². The van der Waals surface area contributed by atoms with Crippen LogP contribution in [-0.2, 0) is 16.1 Å². The van der Waals surface area contributed by atoms with Crippen molar-refractivity contribution in [3.05, 3.63) is 58.8 Å². The number of para-hydroxylation sites is 2. The average Bonchev–Trinajstić information content (AvgIpc) is 3.21. The molecule has 2 saturated heterocycles. The van der Waals surface area contributed by atoms with Gasteiger partial charge in [-0.25, -0.2) is 4.98 Å². The molecular weight excluding hydrogens is 482 g/mol. The van der Waals surface area contributed by atoms with Gasteiger partial charge in [-0.05, 0) is 49.7 Å². The Morgan fingerprint density at radius 2 is 1.88 bits per heavy atom. The molecule has 7 nitrogen and oxygen atoms in total. The molecule has 2 aromatic carbocycles. The maximum absolute atomic E-state index is 13.2. The molecule has 0 saturated carbocycles. The largest absolute Gasteiger partial charge is 0.342 e. The highest BCUT2D eigenvalue weighted by Gasteiger charge is 2.31. The van der Waals surface area contributed by atoms with Crippen molar-refractivity contribution in [3.8, 4) is 5.69 Å². The smallest absolute Gasteiger partial charge is 0.227 e. The number of likely N-dealkylation sites (tertiary alicyclic amines) is 1. The van der Waals surface area contributed by atoms with Crippen molar-refractivity contribution in [2.75, 3.05) is 39.3 Å². The summed E-state index contributed by atoms with van der Waals surface area (Å²) in [4.78, 5) is 35.2. The lowest BCUT2D eigenvalue weighted by Gasteiger charge is -2.38. The molecule has 0 bridgehead atoms. The SMILES string of the molecule is O=CN1CCN(C(=O)[C@@H]2CCCN(Cc3nc4ccccc4n3-c3cccc(Br)c3)C2)CC1. The van der Waals surface area contributed by atoms with Crippen LogP contribution in [0.2, 0.25) is 0 Å². The first-order valence-corrected chi connectivity index (χ1v) is 12.3. The van der Waals surface area contributed by atoms with E-state index < -0.39 is 0 Å². The third-order valence-corrected chi connectivity index (χ3v) is 7.18. The molecule has 33 heavy (non-hydrogen) atoms. The maximum atomic E-state index is 13.2. The number of nitrogens with zero attached hydrogens (tertiary/aromatic N) is 5. The summed E-state index contributed by atoms with van der Waals surface area (Å²) in [5.74, 6) is 1.22. The Kier molecular flexibility index (Phi) is 6.46. The number of benzene rings is 2. The molecule has 2 aliphatic heterocycles. The predicted molar refractivity (Wildman–Crippen MR) is 131 cm³/mol. The number of piperazine rings is 1. The van der Waals surface area contributed by atoms with Crippen LogP contribution in [0.3, 0.4) is 0 Å². The summed E-state index contributed by atoms with van der Waals surface area (Å²) in [6.45, 7) is 4.92. The molecule has 1 aromatic heterocycles. The van der Waals surface area contributed by atoms with Crippen molar-refractivity contribution < 1.29 is 9.59 Å². The van der Waals surface area contributed by atoms with E-state index >= 15 is 0 Å². The van der Waals surface area contributed by atoms with Gasteiger partial charge in [-0.2, -0.15) is 0 Å². The predicted octanol–water partition coefficient (Wildman–Crippen LogP) is 3.30. The van der Waals surface area contributed by atoms with Crippen LogP contribution >= 0.6 is 15.9 Å². The number of imidazole rings is 1. The molecule has 5 rings (SSSR count). The molecule has 0 radical (unpaired) electrons. The molecule has 0 N–H and O–H groups in total. The van der Waals surface area contributed by atoms with Gasteiger partial charge in [-0.3, -0.25) is 19.1 Å². The molecule has 0 spiro atoms. The van der Waals surface area contributed by atoms with Gasteiger partial charge in [-0.1, -0.05) is 34.1 Å². The average molecular weight is 510 g/mol. The van der Waals surface area contributed by atoms with E-state index in [9.17, 15) is 9.59 Å². The van der Waals surface area contributed by atoms with E-state index in [4.69, 9.17) is 4.98 Å². The number of hydrogen-bond donors (Lipinski definition) is 0. The molecule has 0 unspecified atom stereocenters. The monoisotopic (exact) mass is 509 g/mol. The first-order valence-electron chi connectivity index (χ1n) is 11.5. The van der Waals surface area contributed by atoms with Gasteiger partial charge in [0.25, 0.3) is 0 Å². The summed E-state index contributed by atoms with van der Waals surface area (Å²) in [7, 11) is 0. The number of piperidine rings is 1. The minimum Gasteiger partial charge on any atom is -0.342 e. The molecule has 2 amide bonds. The topological polar surface area (TPSA) is 61.7 Å². The third-order valence-electron chi connectivity index (χ3n) is 6.69. The lowest BCUT2D eigenvalue weighted by Crippen LogP contribution is -2.52. The number of amides is 2. The van der Waals surface area contributed by atoms with Gasteiger partial charge in [0.1, 0.15) is 5.82 Å². The zero-order valence-electron chi connectivity index (χ0n) is 18.6. The second-order valence-electron chi connectivity index (χ2n) is 8.87. The highest BCUT2D eigenvalue weighted by atomic mass is 79.9. The number of fused-ring (bicyclic) bond motifs is 1. The molecule has 2 aliphatic rings. The molecule has 172 valence electrons. The van der Waals surface area contributed by atoms with Crippen molar-refractivity contribution in [2.24, 2.45) is 5.92 Å². The summed E-state index contributed by atoms with van der Waals surface area (Å²) < 4.78 is 3.26. The van der Waals surface area contributed by atoms with Gasteiger partial charge in [0.15, 0.2) is 0 Å². The molecule has 3 aromatic rings. The number of carbonyl (C=O) groups is 2. The highest BCUT2D eigenvalue weighted by Crippen LogP contribution is 2.26. The molecule has 1 atom stereocenters. The van der Waals surface area contributed by atoms with E-state index in [2.05, 4.69) is 49.7 Å². The summed E-state index contributed by atoms with van der Waals surface area (Å²) in [6, 6.07) is 16.5. The molecule has 8 heteroatoms. The lowest BCUT2D eigenvalue weighted by atomic mass is 9.96. The maximum Gasteiger partial charge on any atom is 0.227 e. The first kappa shape index (κ1) is 22.1. The third kappa shape index (κ3) is 4.68. The summed E-state index contributed by atoms with van der Waals surface area (Å²) in [6.07, 6.45) is 2.80. The van der Waals surface area contributed by atoms with E-state index in [0.717, 1.165) is 59.4 Å². The van der Waals surface area contributed by atoms with E-state index in [0.29, 0.717) is 32.7 Å². The minimum atomic E-state index is 0.00484. The van der Waals surface area contributed by atoms with Crippen LogP contribution in [0.4, 0.5) is 0 Å². The van der Waals surface area contributed by atoms with Crippen LogP contribution in [0, 0.1) is 5.92 Å². The van der Waals surface area contributed by atoms with Crippen molar-refractivity contribution in [3.63, 3.8) is 0 Å². The fourth-order valence-corrected chi connectivity index (χ4v) is 5.38. The standard InChI is InChI=1S/C25H28BrN5O2/c26-20-6-3-7-21(15-20)31-23-9-2-1-8-22(23)27-24(31)17-29-10-4-5-19(16-29)25(33)30-13-11-28(18-32)12-14-30/h1-3,6-9,15,18-19H,4-5,10-14,16-17H2/t19-/m1/s1. The van der Waals surface area contributed by atoms with Crippen molar-refractivity contribution in [1.29, 1.82) is 0 Å². The Morgan fingerprint density at radius 3 is 2.67 bits per heavy atom. The minimum absolute atomic E-state index is 0.00484. The Labute approximate surface area is 202 Å². The van der Waals surface area contributed by atoms with Crippen LogP contribution in [-0.4, -0.2) is 75.8 Å². The number of aromatic nitrogens is 2. The van der Waals surface area contributed by atoms with E-state index in [1.165, 1.54) is 0 Å². The molecule has 0 aliphatic carbocycles. The van der Waals surface area contributed by atoms with Gasteiger partial charge >= 0.3 is 0 Å². The summed E-state index contributed by atoms with van der Waals surface area (Å²) >= 11 is 3.60. The van der Waals surface area contributed by atoms with Crippen molar-refractivity contribution in [1.82, 2.24) is 24.3 Å². The number of halogens is 1. The van der Waals surface area contributed by atoms with E-state index in [1.807, 2.05) is 29.2 Å². The van der Waals surface area contributed by atoms with Gasteiger partial charge < -0.3 is 9.80 Å². The van der Waals surface area contributed by atoms with Gasteiger partial charge in [0.05, 0.1) is 23.5 Å². The van der Waals surface area contributed by atoms with Gasteiger partial charge in [0, 0.05) is 42.9 Å². The second-order valence-corrected chi connectivity index (χ2v) is 9.79. The fourth-order valence-electron chi connectivity index (χ4n) is 4.99. The fraction of sp³-hybridized carbons (Fsp3) is 0.400. The van der Waals surface area contributed by atoms with E-state index in [-0.39, 0.29) is 11.8 Å². The first-order chi connectivity index (χ1) is 16.1. The Hall–Kier alpha value is -2.71. The number of carbonyl (C=O) groups excluding carboxylic acids is 2. The van der Waals surface area contributed by atoms with Gasteiger partial charge in [0.2, 0.25) is 12.3 Å². The quantitative estimate of drug-likeness (QED) is 0.495. The Balaban J connectivity index is 1.35. The highest BCUT2D eigenvalue weighted by molar-refractivity contribution is 9.10. The summed E-state index contributed by atoms with van der Waals surface area (Å²) in [5.41, 5.74) is 3.14. The van der Waals surface area contributed by atoms with Crippen LogP contribution in [0.1, 0.15) is 18.7 Å². The van der Waals surface area contributed by atoms with Crippen molar-refractivity contribution in [2.45, 2.75) is 19.4 Å². The van der Waals surface area contributed by atoms with Crippen molar-refractivity contribution >= 4 is 39.3 Å². The normalized spacial score (nSPS) is 19.7. The lowest BCUT2D eigenvalue weighted by molar-refractivity contribution is -0.140. The molecular formula is C25H28BrN5O2. The Bertz CT molecular complexity index is 1150. The van der Waals surface area contributed by atoms with Crippen LogP contribution in [0.5, 0.6) is 0 Å². The molecule has 3 heterocycles. The Morgan fingerprint density at radius 1 is 1.06 bits per heavy atom. The summed E-state index contributed by atoms with van der Waals surface area (Å²) in [5, 5.41) is 0. The van der Waals surface area contributed by atoms with Gasteiger partial charge in [-0.15, -0.1) is 0 Å². The van der Waals surface area contributed by atoms with Crippen LogP contribution in [0.25, 0.3) is 16.7 Å². The number of rotatable bonds is 5. The molecule has 2 fully saturated rings. The zero-order valence-corrected chi connectivity index (χ0v) is 20.2.